The van der Waals surface area contributed by atoms with Crippen LogP contribution in [-0.2, 0) is 28.6 Å². The highest BCUT2D eigenvalue weighted by atomic mass is 16.6. The Balaban J connectivity index is 4.27. The van der Waals surface area contributed by atoms with E-state index in [9.17, 15) is 14.4 Å². The Kier molecular flexibility index (Phi) is 61.1. The molecule has 0 aromatic heterocycles. The molecular formula is C67H128O6. The molecule has 6 nitrogen and oxygen atoms in total. The molecule has 0 aromatic carbocycles. The molecule has 1 atom stereocenters. The van der Waals surface area contributed by atoms with Crippen molar-refractivity contribution in [2.45, 2.75) is 386 Å². The summed E-state index contributed by atoms with van der Waals surface area (Å²) in [5.41, 5.74) is 0. The molecule has 0 rings (SSSR count). The Morgan fingerprint density at radius 3 is 0.685 bits per heavy atom. The van der Waals surface area contributed by atoms with Gasteiger partial charge in [-0.2, -0.15) is 0 Å². The van der Waals surface area contributed by atoms with Crippen LogP contribution < -0.4 is 0 Å². The van der Waals surface area contributed by atoms with Crippen LogP contribution in [0.4, 0.5) is 0 Å². The van der Waals surface area contributed by atoms with Crippen LogP contribution in [0, 0.1) is 0 Å². The zero-order valence-electron chi connectivity index (χ0n) is 49.7. The van der Waals surface area contributed by atoms with Crippen LogP contribution in [0.5, 0.6) is 0 Å². The summed E-state index contributed by atoms with van der Waals surface area (Å²) in [7, 11) is 0. The monoisotopic (exact) mass is 1030 g/mol. The first-order valence-electron chi connectivity index (χ1n) is 33.2. The first-order chi connectivity index (χ1) is 36.0. The van der Waals surface area contributed by atoms with Crippen LogP contribution in [-0.4, -0.2) is 37.2 Å². The summed E-state index contributed by atoms with van der Waals surface area (Å²) in [5.74, 6) is -0.836. The molecule has 0 radical (unpaired) electrons. The maximum atomic E-state index is 12.9. The smallest absolute Gasteiger partial charge is 0.306 e. The summed E-state index contributed by atoms with van der Waals surface area (Å²) >= 11 is 0. The fourth-order valence-corrected chi connectivity index (χ4v) is 10.3. The molecule has 6 heteroatoms. The average Bonchev–Trinajstić information content (AvgIpc) is 3.39. The number of carbonyl (C=O) groups excluding carboxylic acids is 3. The summed E-state index contributed by atoms with van der Waals surface area (Å²) in [5, 5.41) is 0. The van der Waals surface area contributed by atoms with Gasteiger partial charge in [0.2, 0.25) is 0 Å². The molecule has 73 heavy (non-hydrogen) atoms. The summed E-state index contributed by atoms with van der Waals surface area (Å²) in [6.45, 7) is 6.72. The van der Waals surface area contributed by atoms with Crippen LogP contribution in [0.25, 0.3) is 0 Å². The SMILES string of the molecule is CCCCCCCC/C=C\CCCCCCCCCC(=O)OC(COC(=O)CCCCCCCCCCCCCCCCCC)COC(=O)CCCCCCCCCCCCCCCCCCCCCCCC. The fourth-order valence-electron chi connectivity index (χ4n) is 10.3. The summed E-state index contributed by atoms with van der Waals surface area (Å²) in [4.78, 5) is 38.3. The first kappa shape index (κ1) is 71.2. The van der Waals surface area contributed by atoms with E-state index in [0.717, 1.165) is 57.8 Å². The largest absolute Gasteiger partial charge is 0.462 e. The molecule has 0 aliphatic rings. The van der Waals surface area contributed by atoms with Gasteiger partial charge in [0.1, 0.15) is 13.2 Å². The molecule has 0 heterocycles. The second-order valence-electron chi connectivity index (χ2n) is 22.7. The number of hydrogen-bond donors (Lipinski definition) is 0. The topological polar surface area (TPSA) is 78.9 Å². The quantitative estimate of drug-likeness (QED) is 0.0261. The molecule has 0 amide bonds. The number of unbranched alkanes of at least 4 members (excludes halogenated alkanes) is 49. The van der Waals surface area contributed by atoms with Crippen molar-refractivity contribution in [2.75, 3.05) is 13.2 Å². The standard InChI is InChI=1S/C67H128O6/c1-4-7-10-13-16-19-22-25-28-31-32-33-34-35-37-39-42-45-48-51-54-57-60-66(69)72-63-64(62-71-65(68)59-56-53-50-47-44-41-38-30-27-24-21-18-15-12-9-6-3)73-67(70)61-58-55-52-49-46-43-40-36-29-26-23-20-17-14-11-8-5-2/h26,29,64H,4-25,27-28,30-63H2,1-3H3/b29-26-. The highest BCUT2D eigenvalue weighted by Gasteiger charge is 2.19. The maximum Gasteiger partial charge on any atom is 0.306 e. The zero-order valence-corrected chi connectivity index (χ0v) is 49.7. The van der Waals surface area contributed by atoms with Gasteiger partial charge in [-0.05, 0) is 44.9 Å². The van der Waals surface area contributed by atoms with Crippen molar-refractivity contribution in [2.24, 2.45) is 0 Å². The lowest BCUT2D eigenvalue weighted by Crippen LogP contribution is -2.30. The summed E-state index contributed by atoms with van der Waals surface area (Å²) in [6.07, 6.45) is 73.6. The number of ether oxygens (including phenoxy) is 3. The van der Waals surface area contributed by atoms with E-state index in [1.54, 1.807) is 0 Å². The minimum Gasteiger partial charge on any atom is -0.462 e. The molecule has 0 bridgehead atoms. The van der Waals surface area contributed by atoms with E-state index in [1.807, 2.05) is 0 Å². The Morgan fingerprint density at radius 2 is 0.452 bits per heavy atom. The van der Waals surface area contributed by atoms with E-state index >= 15 is 0 Å². The second kappa shape index (κ2) is 62.7. The molecule has 0 spiro atoms. The van der Waals surface area contributed by atoms with Crippen LogP contribution in [0.1, 0.15) is 380 Å². The van der Waals surface area contributed by atoms with Crippen LogP contribution in [0.2, 0.25) is 0 Å². The number of rotatable bonds is 62. The lowest BCUT2D eigenvalue weighted by molar-refractivity contribution is -0.167. The molecule has 432 valence electrons. The number of allylic oxidation sites excluding steroid dienone is 2. The Labute approximate surface area is 456 Å². The van der Waals surface area contributed by atoms with Gasteiger partial charge < -0.3 is 14.2 Å². The van der Waals surface area contributed by atoms with Crippen molar-refractivity contribution < 1.29 is 28.6 Å². The van der Waals surface area contributed by atoms with E-state index in [2.05, 4.69) is 32.9 Å². The van der Waals surface area contributed by atoms with Crippen LogP contribution in [0.3, 0.4) is 0 Å². The number of esters is 3. The molecule has 0 aliphatic heterocycles. The minimum atomic E-state index is -0.768. The Bertz CT molecular complexity index is 1130. The first-order valence-corrected chi connectivity index (χ1v) is 33.2. The fraction of sp³-hybridized carbons (Fsp3) is 0.925. The van der Waals surface area contributed by atoms with Gasteiger partial charge in [-0.15, -0.1) is 0 Å². The van der Waals surface area contributed by atoms with Gasteiger partial charge in [0, 0.05) is 19.3 Å². The molecule has 0 saturated heterocycles. The lowest BCUT2D eigenvalue weighted by atomic mass is 10.0. The van der Waals surface area contributed by atoms with Crippen molar-refractivity contribution in [3.8, 4) is 0 Å². The van der Waals surface area contributed by atoms with E-state index in [1.165, 1.54) is 283 Å². The van der Waals surface area contributed by atoms with Gasteiger partial charge in [0.05, 0.1) is 0 Å². The van der Waals surface area contributed by atoms with E-state index in [4.69, 9.17) is 14.2 Å². The molecule has 0 N–H and O–H groups in total. The van der Waals surface area contributed by atoms with E-state index in [-0.39, 0.29) is 31.1 Å². The van der Waals surface area contributed by atoms with E-state index < -0.39 is 6.10 Å². The van der Waals surface area contributed by atoms with E-state index in [0.29, 0.717) is 19.3 Å². The highest BCUT2D eigenvalue weighted by molar-refractivity contribution is 5.71. The second-order valence-corrected chi connectivity index (χ2v) is 22.7. The predicted molar refractivity (Wildman–Crippen MR) is 317 cm³/mol. The van der Waals surface area contributed by atoms with Gasteiger partial charge in [-0.1, -0.05) is 328 Å². The molecule has 1 unspecified atom stereocenters. The predicted octanol–water partition coefficient (Wildman–Crippen LogP) is 22.4. The summed E-state index contributed by atoms with van der Waals surface area (Å²) in [6, 6.07) is 0. The van der Waals surface area contributed by atoms with Crippen LogP contribution >= 0.6 is 0 Å². The number of hydrogen-bond acceptors (Lipinski definition) is 6. The average molecular weight is 1030 g/mol. The molecule has 0 aliphatic carbocycles. The molecule has 0 fully saturated rings. The highest BCUT2D eigenvalue weighted by Crippen LogP contribution is 2.18. The number of carbonyl (C=O) groups is 3. The van der Waals surface area contributed by atoms with Gasteiger partial charge in [0.15, 0.2) is 6.10 Å². The maximum absolute atomic E-state index is 12.9. The molecular weight excluding hydrogens is 901 g/mol. The lowest BCUT2D eigenvalue weighted by Gasteiger charge is -2.18. The Hall–Kier alpha value is -1.85. The third-order valence-corrected chi connectivity index (χ3v) is 15.3. The van der Waals surface area contributed by atoms with Crippen molar-refractivity contribution in [3.05, 3.63) is 12.2 Å². The minimum absolute atomic E-state index is 0.0650. The third kappa shape index (κ3) is 60.9. The van der Waals surface area contributed by atoms with Crippen molar-refractivity contribution in [3.63, 3.8) is 0 Å². The molecule has 0 aromatic rings. The van der Waals surface area contributed by atoms with Gasteiger partial charge in [0.25, 0.3) is 0 Å². The van der Waals surface area contributed by atoms with Gasteiger partial charge >= 0.3 is 17.9 Å². The van der Waals surface area contributed by atoms with Crippen molar-refractivity contribution in [1.82, 2.24) is 0 Å². The molecule has 0 saturated carbocycles. The van der Waals surface area contributed by atoms with Crippen molar-refractivity contribution >= 4 is 17.9 Å². The third-order valence-electron chi connectivity index (χ3n) is 15.3. The van der Waals surface area contributed by atoms with Crippen LogP contribution in [0.15, 0.2) is 12.2 Å². The normalized spacial score (nSPS) is 12.0. The van der Waals surface area contributed by atoms with Crippen molar-refractivity contribution in [1.29, 1.82) is 0 Å². The zero-order chi connectivity index (χ0) is 52.9. The van der Waals surface area contributed by atoms with Gasteiger partial charge in [-0.3, -0.25) is 14.4 Å². The van der Waals surface area contributed by atoms with Gasteiger partial charge in [-0.25, -0.2) is 0 Å². The Morgan fingerprint density at radius 1 is 0.260 bits per heavy atom. The summed E-state index contributed by atoms with van der Waals surface area (Å²) < 4.78 is 17.0.